The van der Waals surface area contributed by atoms with Gasteiger partial charge in [-0.15, -0.1) is 0 Å². The van der Waals surface area contributed by atoms with E-state index in [9.17, 15) is 27.6 Å². The molecule has 0 radical (unpaired) electrons. The highest BCUT2D eigenvalue weighted by atomic mass is 19.4. The topological polar surface area (TPSA) is 147 Å². The van der Waals surface area contributed by atoms with Gasteiger partial charge in [0, 0.05) is 28.8 Å². The van der Waals surface area contributed by atoms with Crippen LogP contribution in [0.15, 0.2) is 54.6 Å². The van der Waals surface area contributed by atoms with E-state index in [1.165, 1.54) is 0 Å². The van der Waals surface area contributed by atoms with Crippen molar-refractivity contribution in [3.05, 3.63) is 71.4 Å². The molecule has 13 heteroatoms. The van der Waals surface area contributed by atoms with Gasteiger partial charge in [-0.1, -0.05) is 18.2 Å². The highest BCUT2D eigenvalue weighted by molar-refractivity contribution is 6.03. The maximum atomic E-state index is 12.4. The van der Waals surface area contributed by atoms with E-state index in [1.807, 2.05) is 37.3 Å². The van der Waals surface area contributed by atoms with Gasteiger partial charge in [0.15, 0.2) is 0 Å². The van der Waals surface area contributed by atoms with E-state index in [0.717, 1.165) is 22.2 Å². The van der Waals surface area contributed by atoms with E-state index in [2.05, 4.69) is 20.9 Å². The number of para-hydroxylation sites is 1. The van der Waals surface area contributed by atoms with Crippen molar-refractivity contribution in [1.29, 1.82) is 0 Å². The van der Waals surface area contributed by atoms with Crippen molar-refractivity contribution in [1.82, 2.24) is 20.9 Å². The molecule has 2 aromatic carbocycles. The SMILES string of the molecule is Cc1cc(COc2ccc(C(=O)NC3CNC(=O)NC3=O)cc2)c2ccccc2n1.O=C(O)C(F)(F)F. The fraction of sp³-hybridized carbons (Fsp3) is 0.208. The van der Waals surface area contributed by atoms with E-state index in [-0.39, 0.29) is 6.54 Å². The number of nitrogens with one attached hydrogen (secondary N) is 3. The number of hydrogen-bond acceptors (Lipinski definition) is 6. The van der Waals surface area contributed by atoms with Crippen LogP contribution in [0.3, 0.4) is 0 Å². The fourth-order valence-corrected chi connectivity index (χ4v) is 3.27. The van der Waals surface area contributed by atoms with Crippen LogP contribution >= 0.6 is 0 Å². The molecule has 0 aliphatic carbocycles. The first-order chi connectivity index (χ1) is 17.4. The number of aliphatic carboxylic acids is 1. The Kier molecular flexibility index (Phi) is 8.27. The quantitative estimate of drug-likeness (QED) is 0.406. The maximum absolute atomic E-state index is 12.4. The zero-order valence-corrected chi connectivity index (χ0v) is 19.3. The van der Waals surface area contributed by atoms with E-state index in [1.54, 1.807) is 24.3 Å². The second kappa shape index (κ2) is 11.4. The number of halogens is 3. The van der Waals surface area contributed by atoms with Gasteiger partial charge in [-0.3, -0.25) is 19.9 Å². The minimum absolute atomic E-state index is 0.0525. The molecule has 37 heavy (non-hydrogen) atoms. The van der Waals surface area contributed by atoms with Crippen molar-refractivity contribution in [2.24, 2.45) is 0 Å². The lowest BCUT2D eigenvalue weighted by Gasteiger charge is -2.23. The van der Waals surface area contributed by atoms with Crippen LogP contribution in [0.2, 0.25) is 0 Å². The van der Waals surface area contributed by atoms with Crippen molar-refractivity contribution < 1.29 is 42.2 Å². The third-order valence-corrected chi connectivity index (χ3v) is 5.01. The highest BCUT2D eigenvalue weighted by Crippen LogP contribution is 2.21. The summed E-state index contributed by atoms with van der Waals surface area (Å²) in [5.41, 5.74) is 3.26. The minimum atomic E-state index is -5.08. The second-order valence-corrected chi connectivity index (χ2v) is 7.78. The van der Waals surface area contributed by atoms with E-state index in [0.29, 0.717) is 17.9 Å². The van der Waals surface area contributed by atoms with Crippen LogP contribution in [0.1, 0.15) is 21.6 Å². The number of carboxylic acid groups (broad SMARTS) is 1. The molecule has 0 bridgehead atoms. The number of aromatic nitrogens is 1. The third-order valence-electron chi connectivity index (χ3n) is 5.01. The molecular formula is C24H21F3N4O6. The number of aryl methyl sites for hydroxylation is 1. The number of carboxylic acids is 1. The predicted molar refractivity (Wildman–Crippen MR) is 124 cm³/mol. The highest BCUT2D eigenvalue weighted by Gasteiger charge is 2.38. The number of pyridine rings is 1. The number of ether oxygens (including phenoxy) is 1. The first-order valence-corrected chi connectivity index (χ1v) is 10.7. The molecule has 0 spiro atoms. The van der Waals surface area contributed by atoms with Gasteiger partial charge < -0.3 is 20.5 Å². The van der Waals surface area contributed by atoms with Gasteiger partial charge in [0.2, 0.25) is 0 Å². The summed E-state index contributed by atoms with van der Waals surface area (Å²) in [5, 5.41) is 15.3. The van der Waals surface area contributed by atoms with Crippen LogP contribution in [0.5, 0.6) is 5.75 Å². The third kappa shape index (κ3) is 7.40. The van der Waals surface area contributed by atoms with Crippen LogP contribution in [0.4, 0.5) is 18.0 Å². The lowest BCUT2D eigenvalue weighted by Crippen LogP contribution is -2.60. The van der Waals surface area contributed by atoms with E-state index in [4.69, 9.17) is 14.6 Å². The van der Waals surface area contributed by atoms with Crippen LogP contribution in [-0.4, -0.2) is 52.7 Å². The zero-order valence-electron chi connectivity index (χ0n) is 19.3. The Balaban J connectivity index is 0.000000479. The Bertz CT molecular complexity index is 1330. The van der Waals surface area contributed by atoms with Crippen molar-refractivity contribution in [3.63, 3.8) is 0 Å². The number of nitrogens with zero attached hydrogens (tertiary/aromatic N) is 1. The first kappa shape index (κ1) is 26.9. The molecule has 1 aromatic heterocycles. The molecule has 1 fully saturated rings. The fourth-order valence-electron chi connectivity index (χ4n) is 3.27. The number of imide groups is 1. The molecule has 4 rings (SSSR count). The van der Waals surface area contributed by atoms with Gasteiger partial charge in [0.25, 0.3) is 11.8 Å². The molecule has 1 atom stereocenters. The summed E-state index contributed by atoms with van der Waals surface area (Å²) >= 11 is 0. The molecule has 1 aliphatic rings. The summed E-state index contributed by atoms with van der Waals surface area (Å²) in [6.07, 6.45) is -5.08. The zero-order chi connectivity index (χ0) is 27.2. The van der Waals surface area contributed by atoms with Crippen molar-refractivity contribution in [2.75, 3.05) is 6.54 Å². The van der Waals surface area contributed by atoms with Crippen LogP contribution < -0.4 is 20.7 Å². The molecule has 1 unspecified atom stereocenters. The number of benzene rings is 2. The number of alkyl halides is 3. The molecular weight excluding hydrogens is 497 g/mol. The van der Waals surface area contributed by atoms with E-state index < -0.39 is 36.0 Å². The van der Waals surface area contributed by atoms with Crippen molar-refractivity contribution >= 4 is 34.7 Å². The second-order valence-electron chi connectivity index (χ2n) is 7.78. The van der Waals surface area contributed by atoms with Crippen LogP contribution in [0.25, 0.3) is 10.9 Å². The normalized spacial score (nSPS) is 15.1. The van der Waals surface area contributed by atoms with Gasteiger partial charge >= 0.3 is 18.2 Å². The summed E-state index contributed by atoms with van der Waals surface area (Å²) in [6.45, 7) is 2.37. The maximum Gasteiger partial charge on any atom is 0.490 e. The molecule has 3 aromatic rings. The van der Waals surface area contributed by atoms with Gasteiger partial charge in [-0.2, -0.15) is 13.2 Å². The molecule has 4 amide bonds. The lowest BCUT2D eigenvalue weighted by molar-refractivity contribution is -0.192. The number of rotatable bonds is 5. The molecule has 194 valence electrons. The van der Waals surface area contributed by atoms with Gasteiger partial charge in [-0.25, -0.2) is 9.59 Å². The Morgan fingerprint density at radius 1 is 1.14 bits per heavy atom. The predicted octanol–water partition coefficient (Wildman–Crippen LogP) is 2.69. The summed E-state index contributed by atoms with van der Waals surface area (Å²) < 4.78 is 37.6. The Labute approximate surface area is 207 Å². The molecule has 1 saturated heterocycles. The van der Waals surface area contributed by atoms with Gasteiger partial charge in [0.05, 0.1) is 5.52 Å². The van der Waals surface area contributed by atoms with Gasteiger partial charge in [-0.05, 0) is 43.3 Å². The number of carbonyl (C=O) groups excluding carboxylic acids is 3. The molecule has 0 saturated carbocycles. The first-order valence-electron chi connectivity index (χ1n) is 10.7. The smallest absolute Gasteiger partial charge is 0.489 e. The summed E-state index contributed by atoms with van der Waals surface area (Å²) in [5.74, 6) is -3.08. The average Bonchev–Trinajstić information content (AvgIpc) is 2.84. The summed E-state index contributed by atoms with van der Waals surface area (Å²) in [4.78, 5) is 48.6. The minimum Gasteiger partial charge on any atom is -0.489 e. The number of fused-ring (bicyclic) bond motifs is 1. The monoisotopic (exact) mass is 518 g/mol. The van der Waals surface area contributed by atoms with E-state index >= 15 is 0 Å². The molecule has 10 nitrogen and oxygen atoms in total. The number of hydrogen-bond donors (Lipinski definition) is 4. The number of urea groups is 1. The Morgan fingerprint density at radius 2 is 1.78 bits per heavy atom. The largest absolute Gasteiger partial charge is 0.490 e. The number of carbonyl (C=O) groups is 4. The molecule has 1 aliphatic heterocycles. The Morgan fingerprint density at radius 3 is 2.41 bits per heavy atom. The standard InChI is InChI=1S/C22H20N4O4.C2HF3O2/c1-13-10-15(17-4-2-3-5-18(17)24-13)12-30-16-8-6-14(7-9-16)20(27)25-19-11-23-22(29)26-21(19)28;3-2(4,5)1(6)7/h2-10,19H,11-12H2,1H3,(H,25,27)(H2,23,26,28,29);(H,6,7). The number of amides is 4. The molecule has 2 heterocycles. The summed E-state index contributed by atoms with van der Waals surface area (Å²) in [7, 11) is 0. The Hall–Kier alpha value is -4.68. The van der Waals surface area contributed by atoms with Crippen LogP contribution in [-0.2, 0) is 16.2 Å². The van der Waals surface area contributed by atoms with Crippen LogP contribution in [0, 0.1) is 6.92 Å². The van der Waals surface area contributed by atoms with Crippen molar-refractivity contribution in [2.45, 2.75) is 25.7 Å². The van der Waals surface area contributed by atoms with Crippen molar-refractivity contribution in [3.8, 4) is 5.75 Å². The van der Waals surface area contributed by atoms with Gasteiger partial charge in [0.1, 0.15) is 18.4 Å². The lowest BCUT2D eigenvalue weighted by atomic mass is 10.1. The average molecular weight is 518 g/mol. The molecule has 4 N–H and O–H groups in total. The summed E-state index contributed by atoms with van der Waals surface area (Å²) in [6, 6.07) is 15.2.